The monoisotopic (exact) mass is 243 g/mol. The highest BCUT2D eigenvalue weighted by atomic mass is 16.5. The Labute approximate surface area is 109 Å². The summed E-state index contributed by atoms with van der Waals surface area (Å²) in [6.07, 6.45) is 2.34. The van der Waals surface area contributed by atoms with Gasteiger partial charge in [0.25, 0.3) is 0 Å². The summed E-state index contributed by atoms with van der Waals surface area (Å²) >= 11 is 0. The predicted molar refractivity (Wildman–Crippen MR) is 76.4 cm³/mol. The third-order valence-corrected chi connectivity index (χ3v) is 3.32. The summed E-state index contributed by atoms with van der Waals surface area (Å²) in [5.74, 6) is 1.44. The van der Waals surface area contributed by atoms with E-state index in [0.717, 1.165) is 38.6 Å². The Morgan fingerprint density at radius 3 is 2.12 bits per heavy atom. The SMILES string of the molecule is CCNCC(CCOCCC(C)C)C(C)(C)C. The van der Waals surface area contributed by atoms with Gasteiger partial charge in [-0.25, -0.2) is 0 Å². The molecule has 0 aliphatic carbocycles. The highest BCUT2D eigenvalue weighted by molar-refractivity contribution is 4.75. The van der Waals surface area contributed by atoms with E-state index in [1.54, 1.807) is 0 Å². The molecule has 0 rings (SSSR count). The van der Waals surface area contributed by atoms with E-state index in [1.165, 1.54) is 6.42 Å². The first-order chi connectivity index (χ1) is 7.88. The van der Waals surface area contributed by atoms with Crippen LogP contribution < -0.4 is 5.32 Å². The lowest BCUT2D eigenvalue weighted by molar-refractivity contribution is 0.0898. The van der Waals surface area contributed by atoms with Crippen molar-refractivity contribution < 1.29 is 4.74 Å². The van der Waals surface area contributed by atoms with Crippen molar-refractivity contribution in [2.24, 2.45) is 17.3 Å². The topological polar surface area (TPSA) is 21.3 Å². The Hall–Kier alpha value is -0.0800. The number of ether oxygens (including phenoxy) is 1. The van der Waals surface area contributed by atoms with Gasteiger partial charge < -0.3 is 10.1 Å². The first-order valence-corrected chi connectivity index (χ1v) is 7.16. The average Bonchev–Trinajstić information content (AvgIpc) is 2.19. The molecule has 2 nitrogen and oxygen atoms in total. The second-order valence-corrected chi connectivity index (χ2v) is 6.45. The molecule has 0 heterocycles. The molecule has 0 bridgehead atoms. The number of hydrogen-bond donors (Lipinski definition) is 1. The molecule has 0 aliphatic rings. The molecule has 0 aromatic carbocycles. The van der Waals surface area contributed by atoms with Crippen LogP contribution in [0.3, 0.4) is 0 Å². The van der Waals surface area contributed by atoms with Crippen LogP contribution in [0.1, 0.15) is 54.4 Å². The summed E-state index contributed by atoms with van der Waals surface area (Å²) in [5.41, 5.74) is 0.365. The molecule has 17 heavy (non-hydrogen) atoms. The minimum absolute atomic E-state index is 0.365. The number of hydrogen-bond acceptors (Lipinski definition) is 2. The molecule has 0 spiro atoms. The van der Waals surface area contributed by atoms with E-state index in [1.807, 2.05) is 0 Å². The van der Waals surface area contributed by atoms with Crippen LogP contribution in [0.5, 0.6) is 0 Å². The van der Waals surface area contributed by atoms with Gasteiger partial charge in [-0.15, -0.1) is 0 Å². The fourth-order valence-corrected chi connectivity index (χ4v) is 1.81. The van der Waals surface area contributed by atoms with Crippen molar-refractivity contribution in [3.63, 3.8) is 0 Å². The quantitative estimate of drug-likeness (QED) is 0.623. The molecule has 0 aromatic heterocycles. The standard InChI is InChI=1S/C15H33NO/c1-7-16-12-14(15(4,5)6)9-11-17-10-8-13(2)3/h13-14,16H,7-12H2,1-6H3. The second kappa shape index (κ2) is 8.93. The van der Waals surface area contributed by atoms with Crippen LogP contribution in [0, 0.1) is 17.3 Å². The van der Waals surface area contributed by atoms with E-state index in [-0.39, 0.29) is 0 Å². The van der Waals surface area contributed by atoms with Crippen molar-refractivity contribution in [1.29, 1.82) is 0 Å². The molecule has 0 aliphatic heterocycles. The van der Waals surface area contributed by atoms with Crippen LogP contribution in [0.15, 0.2) is 0 Å². The maximum Gasteiger partial charge on any atom is 0.0469 e. The molecule has 0 saturated heterocycles. The molecule has 0 aromatic rings. The molecule has 1 atom stereocenters. The van der Waals surface area contributed by atoms with Gasteiger partial charge in [-0.3, -0.25) is 0 Å². The second-order valence-electron chi connectivity index (χ2n) is 6.45. The van der Waals surface area contributed by atoms with Gasteiger partial charge in [0.05, 0.1) is 0 Å². The highest BCUT2D eigenvalue weighted by Gasteiger charge is 2.23. The Kier molecular flexibility index (Phi) is 8.89. The molecule has 0 saturated carbocycles. The van der Waals surface area contributed by atoms with Gasteiger partial charge in [-0.2, -0.15) is 0 Å². The maximum absolute atomic E-state index is 5.72. The highest BCUT2D eigenvalue weighted by Crippen LogP contribution is 2.28. The van der Waals surface area contributed by atoms with Gasteiger partial charge in [0.2, 0.25) is 0 Å². The lowest BCUT2D eigenvalue weighted by atomic mass is 9.79. The molecule has 2 heteroatoms. The zero-order valence-electron chi connectivity index (χ0n) is 12.8. The summed E-state index contributed by atoms with van der Waals surface area (Å²) in [6, 6.07) is 0. The van der Waals surface area contributed by atoms with Crippen molar-refractivity contribution in [1.82, 2.24) is 5.32 Å². The fourth-order valence-electron chi connectivity index (χ4n) is 1.81. The molecule has 0 radical (unpaired) electrons. The molecule has 1 unspecified atom stereocenters. The third kappa shape index (κ3) is 9.61. The van der Waals surface area contributed by atoms with Gasteiger partial charge in [-0.05, 0) is 43.2 Å². The first-order valence-electron chi connectivity index (χ1n) is 7.16. The van der Waals surface area contributed by atoms with Crippen LogP contribution in [0.4, 0.5) is 0 Å². The Balaban J connectivity index is 3.76. The zero-order chi connectivity index (χ0) is 13.3. The van der Waals surface area contributed by atoms with E-state index in [2.05, 4.69) is 46.9 Å². The Bertz CT molecular complexity index is 172. The molecular formula is C15H33NO. The first kappa shape index (κ1) is 16.9. The summed E-state index contributed by atoms with van der Waals surface area (Å²) < 4.78 is 5.72. The van der Waals surface area contributed by atoms with E-state index in [9.17, 15) is 0 Å². The van der Waals surface area contributed by atoms with Gasteiger partial charge in [0.1, 0.15) is 0 Å². The summed E-state index contributed by atoms with van der Waals surface area (Å²) in [6.45, 7) is 17.6. The summed E-state index contributed by atoms with van der Waals surface area (Å²) in [4.78, 5) is 0. The summed E-state index contributed by atoms with van der Waals surface area (Å²) in [5, 5.41) is 3.46. The summed E-state index contributed by atoms with van der Waals surface area (Å²) in [7, 11) is 0. The minimum atomic E-state index is 0.365. The van der Waals surface area contributed by atoms with Crippen LogP contribution >= 0.6 is 0 Å². The number of rotatable bonds is 9. The fraction of sp³-hybridized carbons (Fsp3) is 1.00. The lowest BCUT2D eigenvalue weighted by Crippen LogP contribution is -2.32. The smallest absolute Gasteiger partial charge is 0.0469 e. The van der Waals surface area contributed by atoms with Crippen LogP contribution in [-0.4, -0.2) is 26.3 Å². The maximum atomic E-state index is 5.72. The van der Waals surface area contributed by atoms with Crippen LogP contribution in [-0.2, 0) is 4.74 Å². The molecule has 1 N–H and O–H groups in total. The van der Waals surface area contributed by atoms with E-state index in [4.69, 9.17) is 4.74 Å². The van der Waals surface area contributed by atoms with Crippen molar-refractivity contribution >= 4 is 0 Å². The van der Waals surface area contributed by atoms with Crippen molar-refractivity contribution in [3.8, 4) is 0 Å². The number of nitrogens with one attached hydrogen (secondary N) is 1. The lowest BCUT2D eigenvalue weighted by Gasteiger charge is -2.31. The molecule has 0 fully saturated rings. The average molecular weight is 243 g/mol. The molecule has 0 amide bonds. The molecule has 104 valence electrons. The van der Waals surface area contributed by atoms with E-state index >= 15 is 0 Å². The zero-order valence-corrected chi connectivity index (χ0v) is 12.8. The van der Waals surface area contributed by atoms with Gasteiger partial charge >= 0.3 is 0 Å². The largest absolute Gasteiger partial charge is 0.381 e. The van der Waals surface area contributed by atoms with Gasteiger partial charge in [0, 0.05) is 13.2 Å². The van der Waals surface area contributed by atoms with Crippen molar-refractivity contribution in [2.75, 3.05) is 26.3 Å². The van der Waals surface area contributed by atoms with Crippen molar-refractivity contribution in [3.05, 3.63) is 0 Å². The van der Waals surface area contributed by atoms with Crippen LogP contribution in [0.2, 0.25) is 0 Å². The Morgan fingerprint density at radius 1 is 1.06 bits per heavy atom. The van der Waals surface area contributed by atoms with E-state index in [0.29, 0.717) is 11.3 Å². The molecular weight excluding hydrogens is 210 g/mol. The predicted octanol–water partition coefficient (Wildman–Crippen LogP) is 3.71. The Morgan fingerprint density at radius 2 is 1.65 bits per heavy atom. The van der Waals surface area contributed by atoms with Crippen molar-refractivity contribution in [2.45, 2.75) is 54.4 Å². The van der Waals surface area contributed by atoms with Gasteiger partial charge in [-0.1, -0.05) is 41.5 Å². The third-order valence-electron chi connectivity index (χ3n) is 3.32. The normalized spacial score (nSPS) is 14.3. The van der Waals surface area contributed by atoms with Crippen LogP contribution in [0.25, 0.3) is 0 Å². The van der Waals surface area contributed by atoms with E-state index < -0.39 is 0 Å². The van der Waals surface area contributed by atoms with Gasteiger partial charge in [0.15, 0.2) is 0 Å². The minimum Gasteiger partial charge on any atom is -0.381 e.